The second-order valence-corrected chi connectivity index (χ2v) is 4.66. The van der Waals surface area contributed by atoms with Crippen molar-refractivity contribution in [3.8, 4) is 0 Å². The number of benzene rings is 1. The highest BCUT2D eigenvalue weighted by molar-refractivity contribution is 5.92. The third kappa shape index (κ3) is 6.22. The maximum atomic E-state index is 11.6. The van der Waals surface area contributed by atoms with Crippen molar-refractivity contribution in [1.29, 1.82) is 0 Å². The SMILES string of the molecule is CCC(CC)CNC(=O)CNC(=O)Nc1ccccc1. The lowest BCUT2D eigenvalue weighted by Crippen LogP contribution is -2.40. The predicted octanol–water partition coefficient (Wildman–Crippen LogP) is 2.36. The van der Waals surface area contributed by atoms with E-state index >= 15 is 0 Å². The molecule has 5 nitrogen and oxygen atoms in total. The quantitative estimate of drug-likeness (QED) is 0.716. The van der Waals surface area contributed by atoms with Crippen LogP contribution in [-0.2, 0) is 4.79 Å². The Morgan fingerprint density at radius 2 is 1.70 bits per heavy atom. The third-order valence-corrected chi connectivity index (χ3v) is 3.18. The molecule has 0 fully saturated rings. The first-order valence-electron chi connectivity index (χ1n) is 7.02. The summed E-state index contributed by atoms with van der Waals surface area (Å²) in [5.74, 6) is 0.331. The number of amides is 3. The number of hydrogen-bond acceptors (Lipinski definition) is 2. The van der Waals surface area contributed by atoms with Gasteiger partial charge in [0, 0.05) is 12.2 Å². The highest BCUT2D eigenvalue weighted by atomic mass is 16.2. The van der Waals surface area contributed by atoms with E-state index in [2.05, 4.69) is 29.8 Å². The Morgan fingerprint density at radius 1 is 1.05 bits per heavy atom. The molecule has 1 rings (SSSR count). The van der Waals surface area contributed by atoms with Crippen LogP contribution >= 0.6 is 0 Å². The third-order valence-electron chi connectivity index (χ3n) is 3.18. The molecule has 0 aliphatic rings. The fraction of sp³-hybridized carbons (Fsp3) is 0.467. The fourth-order valence-corrected chi connectivity index (χ4v) is 1.76. The second kappa shape index (κ2) is 8.96. The molecule has 0 aromatic heterocycles. The van der Waals surface area contributed by atoms with Gasteiger partial charge >= 0.3 is 6.03 Å². The zero-order valence-electron chi connectivity index (χ0n) is 12.1. The monoisotopic (exact) mass is 277 g/mol. The lowest BCUT2D eigenvalue weighted by molar-refractivity contribution is -0.120. The molecule has 20 heavy (non-hydrogen) atoms. The molecule has 1 aromatic rings. The summed E-state index contributed by atoms with van der Waals surface area (Å²) in [4.78, 5) is 23.1. The predicted molar refractivity (Wildman–Crippen MR) is 80.5 cm³/mol. The number of hydrogen-bond donors (Lipinski definition) is 3. The van der Waals surface area contributed by atoms with Crippen molar-refractivity contribution < 1.29 is 9.59 Å². The standard InChI is InChI=1S/C15H23N3O2/c1-3-12(4-2)10-16-14(19)11-17-15(20)18-13-8-6-5-7-9-13/h5-9,12H,3-4,10-11H2,1-2H3,(H,16,19)(H2,17,18,20). The van der Waals surface area contributed by atoms with Crippen molar-refractivity contribution >= 4 is 17.6 Å². The number of carbonyl (C=O) groups is 2. The van der Waals surface area contributed by atoms with E-state index in [1.54, 1.807) is 12.1 Å². The van der Waals surface area contributed by atoms with Gasteiger partial charge in [0.15, 0.2) is 0 Å². The Bertz CT molecular complexity index is 416. The van der Waals surface area contributed by atoms with Crippen molar-refractivity contribution in [1.82, 2.24) is 10.6 Å². The molecule has 0 radical (unpaired) electrons. The van der Waals surface area contributed by atoms with Crippen LogP contribution in [0, 0.1) is 5.92 Å². The summed E-state index contributed by atoms with van der Waals surface area (Å²) in [7, 11) is 0. The molecular weight excluding hydrogens is 254 g/mol. The summed E-state index contributed by atoms with van der Waals surface area (Å²) in [5, 5.41) is 8.01. The lowest BCUT2D eigenvalue weighted by Gasteiger charge is -2.13. The van der Waals surface area contributed by atoms with Gasteiger partial charge in [-0.1, -0.05) is 44.9 Å². The molecule has 1 aromatic carbocycles. The van der Waals surface area contributed by atoms with E-state index in [1.807, 2.05) is 18.2 Å². The van der Waals surface area contributed by atoms with Gasteiger partial charge in [0.1, 0.15) is 0 Å². The number of carbonyl (C=O) groups excluding carboxylic acids is 2. The maximum absolute atomic E-state index is 11.6. The minimum atomic E-state index is -0.381. The largest absolute Gasteiger partial charge is 0.354 e. The van der Waals surface area contributed by atoms with Gasteiger partial charge in [-0.25, -0.2) is 4.79 Å². The number of para-hydroxylation sites is 1. The van der Waals surface area contributed by atoms with Gasteiger partial charge in [0.25, 0.3) is 0 Å². The molecule has 5 heteroatoms. The van der Waals surface area contributed by atoms with Crippen molar-refractivity contribution in [2.24, 2.45) is 5.92 Å². The summed E-state index contributed by atoms with van der Waals surface area (Å²) in [5.41, 5.74) is 0.697. The van der Waals surface area contributed by atoms with Crippen LogP contribution in [0.1, 0.15) is 26.7 Å². The number of nitrogens with one attached hydrogen (secondary N) is 3. The summed E-state index contributed by atoms with van der Waals surface area (Å²) in [6.07, 6.45) is 2.08. The first-order chi connectivity index (χ1) is 9.65. The highest BCUT2D eigenvalue weighted by Crippen LogP contribution is 2.05. The molecule has 3 amide bonds. The molecule has 0 bridgehead atoms. The van der Waals surface area contributed by atoms with Gasteiger partial charge in [0.2, 0.25) is 5.91 Å². The lowest BCUT2D eigenvalue weighted by atomic mass is 10.0. The van der Waals surface area contributed by atoms with E-state index in [-0.39, 0.29) is 18.5 Å². The Morgan fingerprint density at radius 3 is 2.30 bits per heavy atom. The van der Waals surface area contributed by atoms with E-state index in [9.17, 15) is 9.59 Å². The average molecular weight is 277 g/mol. The summed E-state index contributed by atoms with van der Waals surface area (Å²) in [6.45, 7) is 4.85. The van der Waals surface area contributed by atoms with Crippen LogP contribution in [0.2, 0.25) is 0 Å². The molecule has 110 valence electrons. The first-order valence-corrected chi connectivity index (χ1v) is 7.02. The van der Waals surface area contributed by atoms with Crippen LogP contribution in [0.25, 0.3) is 0 Å². The number of urea groups is 1. The van der Waals surface area contributed by atoms with Crippen LogP contribution in [0.4, 0.5) is 10.5 Å². The van der Waals surface area contributed by atoms with Gasteiger partial charge in [-0.2, -0.15) is 0 Å². The minimum absolute atomic E-state index is 0.0151. The van der Waals surface area contributed by atoms with Crippen LogP contribution in [0.3, 0.4) is 0 Å². The average Bonchev–Trinajstić information content (AvgIpc) is 2.47. The van der Waals surface area contributed by atoms with Gasteiger partial charge in [-0.3, -0.25) is 4.79 Å². The normalized spacial score (nSPS) is 10.2. The van der Waals surface area contributed by atoms with Crippen molar-refractivity contribution in [3.05, 3.63) is 30.3 Å². The van der Waals surface area contributed by atoms with Gasteiger partial charge < -0.3 is 16.0 Å². The van der Waals surface area contributed by atoms with Gasteiger partial charge in [0.05, 0.1) is 6.54 Å². The van der Waals surface area contributed by atoms with E-state index in [0.29, 0.717) is 18.2 Å². The second-order valence-electron chi connectivity index (χ2n) is 4.66. The first kappa shape index (κ1) is 16.0. The maximum Gasteiger partial charge on any atom is 0.319 e. The van der Waals surface area contributed by atoms with Crippen LogP contribution in [0.15, 0.2) is 30.3 Å². The van der Waals surface area contributed by atoms with Crippen LogP contribution in [0.5, 0.6) is 0 Å². The van der Waals surface area contributed by atoms with Crippen LogP contribution < -0.4 is 16.0 Å². The van der Waals surface area contributed by atoms with E-state index in [1.165, 1.54) is 0 Å². The topological polar surface area (TPSA) is 70.2 Å². The number of rotatable bonds is 7. The molecular formula is C15H23N3O2. The molecule has 0 saturated heterocycles. The molecule has 0 saturated carbocycles. The zero-order valence-corrected chi connectivity index (χ0v) is 12.1. The van der Waals surface area contributed by atoms with E-state index < -0.39 is 0 Å². The number of anilines is 1. The summed E-state index contributed by atoms with van der Waals surface area (Å²) in [6, 6.07) is 8.72. The van der Waals surface area contributed by atoms with E-state index in [0.717, 1.165) is 12.8 Å². The molecule has 0 unspecified atom stereocenters. The minimum Gasteiger partial charge on any atom is -0.354 e. The summed E-state index contributed by atoms with van der Waals surface area (Å²) >= 11 is 0. The highest BCUT2D eigenvalue weighted by Gasteiger charge is 2.08. The molecule has 0 aliphatic carbocycles. The van der Waals surface area contributed by atoms with Gasteiger partial charge in [-0.15, -0.1) is 0 Å². The van der Waals surface area contributed by atoms with Gasteiger partial charge in [-0.05, 0) is 18.1 Å². The molecule has 0 atom stereocenters. The Labute approximate surface area is 120 Å². The smallest absolute Gasteiger partial charge is 0.319 e. The molecule has 0 spiro atoms. The Kier molecular flexibility index (Phi) is 7.17. The molecule has 3 N–H and O–H groups in total. The van der Waals surface area contributed by atoms with Crippen LogP contribution in [-0.4, -0.2) is 25.0 Å². The summed E-state index contributed by atoms with van der Waals surface area (Å²) < 4.78 is 0. The Hall–Kier alpha value is -2.04. The van der Waals surface area contributed by atoms with Crippen molar-refractivity contribution in [2.75, 3.05) is 18.4 Å². The van der Waals surface area contributed by atoms with Crippen molar-refractivity contribution in [2.45, 2.75) is 26.7 Å². The van der Waals surface area contributed by atoms with Crippen molar-refractivity contribution in [3.63, 3.8) is 0 Å². The fourth-order valence-electron chi connectivity index (χ4n) is 1.76. The zero-order chi connectivity index (χ0) is 14.8. The molecule has 0 aliphatic heterocycles. The Balaban J connectivity index is 2.22. The molecule has 0 heterocycles. The van der Waals surface area contributed by atoms with E-state index in [4.69, 9.17) is 0 Å².